The summed E-state index contributed by atoms with van der Waals surface area (Å²) >= 11 is 2.23. The fourth-order valence-electron chi connectivity index (χ4n) is 1.83. The van der Waals surface area contributed by atoms with Crippen LogP contribution in [0.1, 0.15) is 15.9 Å². The lowest BCUT2D eigenvalue weighted by molar-refractivity contribution is 0.102. The molecule has 0 heterocycles. The number of aryl methyl sites for hydroxylation is 1. The molecule has 0 unspecified atom stereocenters. The van der Waals surface area contributed by atoms with Gasteiger partial charge in [-0.3, -0.25) is 4.79 Å². The number of hydrogen-bond donors (Lipinski definition) is 2. The molecule has 3 N–H and O–H groups in total. The molecule has 0 aromatic heterocycles. The number of ether oxygens (including phenoxy) is 1. The lowest BCUT2D eigenvalue weighted by Gasteiger charge is -2.11. The first-order chi connectivity index (χ1) is 9.51. The number of nitrogen functional groups attached to an aromatic ring is 1. The van der Waals surface area contributed by atoms with E-state index in [-0.39, 0.29) is 5.91 Å². The Morgan fingerprint density at radius 3 is 2.60 bits per heavy atom. The molecule has 2 rings (SSSR count). The molecule has 0 aliphatic heterocycles. The van der Waals surface area contributed by atoms with Crippen LogP contribution in [-0.4, -0.2) is 13.0 Å². The van der Waals surface area contributed by atoms with Crippen LogP contribution in [0.2, 0.25) is 0 Å². The molecule has 0 atom stereocenters. The maximum Gasteiger partial charge on any atom is 0.257 e. The quantitative estimate of drug-likeness (QED) is 0.632. The van der Waals surface area contributed by atoms with E-state index >= 15 is 0 Å². The van der Waals surface area contributed by atoms with Crippen LogP contribution in [0.3, 0.4) is 0 Å². The molecular formula is C15H15IN2O2. The van der Waals surface area contributed by atoms with Crippen molar-refractivity contribution in [3.8, 4) is 5.75 Å². The zero-order chi connectivity index (χ0) is 14.7. The second-order valence-electron chi connectivity index (χ2n) is 4.37. The fourth-order valence-corrected chi connectivity index (χ4v) is 2.48. The summed E-state index contributed by atoms with van der Waals surface area (Å²) in [6, 6.07) is 10.8. The lowest BCUT2D eigenvalue weighted by atomic mass is 10.1. The number of anilines is 2. The van der Waals surface area contributed by atoms with Gasteiger partial charge in [-0.05, 0) is 65.4 Å². The molecule has 20 heavy (non-hydrogen) atoms. The average Bonchev–Trinajstić information content (AvgIpc) is 2.41. The molecule has 4 nitrogen and oxygen atoms in total. The molecule has 0 radical (unpaired) electrons. The number of amides is 1. The number of nitrogens with one attached hydrogen (secondary N) is 1. The van der Waals surface area contributed by atoms with E-state index in [9.17, 15) is 4.79 Å². The third-order valence-electron chi connectivity index (χ3n) is 2.94. The van der Waals surface area contributed by atoms with Gasteiger partial charge in [0.1, 0.15) is 5.75 Å². The van der Waals surface area contributed by atoms with E-state index in [1.807, 2.05) is 25.1 Å². The Bertz CT molecular complexity index is 656. The molecular weight excluding hydrogens is 367 g/mol. The second kappa shape index (κ2) is 6.13. The SMILES string of the molecule is COc1ccc(C(=O)Nc2ccc(I)cc2C)c(N)c1. The van der Waals surface area contributed by atoms with Crippen LogP contribution >= 0.6 is 22.6 Å². The molecule has 0 spiro atoms. The van der Waals surface area contributed by atoms with Crippen LogP contribution in [0.25, 0.3) is 0 Å². The van der Waals surface area contributed by atoms with Crippen LogP contribution in [0, 0.1) is 10.5 Å². The van der Waals surface area contributed by atoms with Crippen molar-refractivity contribution in [3.05, 3.63) is 51.1 Å². The van der Waals surface area contributed by atoms with Gasteiger partial charge in [-0.25, -0.2) is 0 Å². The Hall–Kier alpha value is -1.76. The summed E-state index contributed by atoms with van der Waals surface area (Å²) < 4.78 is 6.19. The number of nitrogens with two attached hydrogens (primary N) is 1. The van der Waals surface area contributed by atoms with Gasteiger partial charge in [0.15, 0.2) is 0 Å². The van der Waals surface area contributed by atoms with E-state index in [1.54, 1.807) is 25.3 Å². The summed E-state index contributed by atoms with van der Waals surface area (Å²) in [7, 11) is 1.56. The van der Waals surface area contributed by atoms with Crippen molar-refractivity contribution in [3.63, 3.8) is 0 Å². The van der Waals surface area contributed by atoms with Crippen LogP contribution in [-0.2, 0) is 0 Å². The van der Waals surface area contributed by atoms with Crippen molar-refractivity contribution in [2.45, 2.75) is 6.92 Å². The summed E-state index contributed by atoms with van der Waals surface area (Å²) in [4.78, 5) is 12.2. The van der Waals surface area contributed by atoms with E-state index < -0.39 is 0 Å². The van der Waals surface area contributed by atoms with Gasteiger partial charge in [0.05, 0.1) is 12.7 Å². The number of benzene rings is 2. The minimum absolute atomic E-state index is 0.227. The van der Waals surface area contributed by atoms with Crippen LogP contribution < -0.4 is 15.8 Å². The maximum atomic E-state index is 12.2. The smallest absolute Gasteiger partial charge is 0.257 e. The molecule has 0 fully saturated rings. The predicted molar refractivity (Wildman–Crippen MR) is 89.3 cm³/mol. The van der Waals surface area contributed by atoms with E-state index in [2.05, 4.69) is 27.9 Å². The molecule has 1 amide bonds. The van der Waals surface area contributed by atoms with Gasteiger partial charge in [0.2, 0.25) is 0 Å². The highest BCUT2D eigenvalue weighted by atomic mass is 127. The predicted octanol–water partition coefficient (Wildman–Crippen LogP) is 3.44. The number of rotatable bonds is 3. The topological polar surface area (TPSA) is 64.3 Å². The molecule has 0 aliphatic rings. The van der Waals surface area contributed by atoms with E-state index in [0.717, 1.165) is 14.8 Å². The largest absolute Gasteiger partial charge is 0.497 e. The first-order valence-corrected chi connectivity index (χ1v) is 7.10. The Morgan fingerprint density at radius 2 is 2.00 bits per heavy atom. The summed E-state index contributed by atoms with van der Waals surface area (Å²) in [6.07, 6.45) is 0. The van der Waals surface area contributed by atoms with Crippen molar-refractivity contribution in [2.24, 2.45) is 0 Å². The molecule has 2 aromatic carbocycles. The minimum atomic E-state index is -0.227. The molecule has 104 valence electrons. The molecule has 2 aromatic rings. The van der Waals surface area contributed by atoms with Crippen molar-refractivity contribution < 1.29 is 9.53 Å². The van der Waals surface area contributed by atoms with Gasteiger partial charge in [0, 0.05) is 21.0 Å². The van der Waals surface area contributed by atoms with Gasteiger partial charge in [0.25, 0.3) is 5.91 Å². The van der Waals surface area contributed by atoms with Gasteiger partial charge in [-0.1, -0.05) is 0 Å². The lowest BCUT2D eigenvalue weighted by Crippen LogP contribution is -2.14. The number of methoxy groups -OCH3 is 1. The van der Waals surface area contributed by atoms with Gasteiger partial charge in [-0.2, -0.15) is 0 Å². The third-order valence-corrected chi connectivity index (χ3v) is 3.61. The zero-order valence-electron chi connectivity index (χ0n) is 11.2. The summed E-state index contributed by atoms with van der Waals surface area (Å²) in [5.74, 6) is 0.402. The summed E-state index contributed by atoms with van der Waals surface area (Å²) in [5, 5.41) is 2.87. The average molecular weight is 382 g/mol. The molecule has 0 saturated heterocycles. The number of carbonyl (C=O) groups is 1. The Kier molecular flexibility index (Phi) is 4.49. The Morgan fingerprint density at radius 1 is 1.25 bits per heavy atom. The van der Waals surface area contributed by atoms with Crippen molar-refractivity contribution >= 4 is 39.9 Å². The Labute approximate surface area is 131 Å². The highest BCUT2D eigenvalue weighted by Crippen LogP contribution is 2.22. The minimum Gasteiger partial charge on any atom is -0.497 e. The summed E-state index contributed by atoms with van der Waals surface area (Å²) in [6.45, 7) is 1.95. The van der Waals surface area contributed by atoms with Crippen molar-refractivity contribution in [1.29, 1.82) is 0 Å². The van der Waals surface area contributed by atoms with Crippen molar-refractivity contribution in [1.82, 2.24) is 0 Å². The first-order valence-electron chi connectivity index (χ1n) is 6.02. The fraction of sp³-hybridized carbons (Fsp3) is 0.133. The van der Waals surface area contributed by atoms with Gasteiger partial charge < -0.3 is 15.8 Å². The number of hydrogen-bond acceptors (Lipinski definition) is 3. The van der Waals surface area contributed by atoms with E-state index in [0.29, 0.717) is 17.0 Å². The zero-order valence-corrected chi connectivity index (χ0v) is 13.4. The monoisotopic (exact) mass is 382 g/mol. The number of halogens is 1. The first kappa shape index (κ1) is 14.6. The molecule has 0 saturated carbocycles. The van der Waals surface area contributed by atoms with Crippen LogP contribution in [0.4, 0.5) is 11.4 Å². The third kappa shape index (κ3) is 3.22. The van der Waals surface area contributed by atoms with Crippen LogP contribution in [0.5, 0.6) is 5.75 Å². The molecule has 5 heteroatoms. The summed E-state index contributed by atoms with van der Waals surface area (Å²) in [5.41, 5.74) is 8.49. The van der Waals surface area contributed by atoms with Gasteiger partial charge in [-0.15, -0.1) is 0 Å². The molecule has 0 aliphatic carbocycles. The van der Waals surface area contributed by atoms with Gasteiger partial charge >= 0.3 is 0 Å². The van der Waals surface area contributed by atoms with E-state index in [4.69, 9.17) is 10.5 Å². The van der Waals surface area contributed by atoms with Crippen LogP contribution in [0.15, 0.2) is 36.4 Å². The van der Waals surface area contributed by atoms with E-state index in [1.165, 1.54) is 0 Å². The Balaban J connectivity index is 2.24. The maximum absolute atomic E-state index is 12.2. The number of carbonyl (C=O) groups excluding carboxylic acids is 1. The normalized spacial score (nSPS) is 10.2. The van der Waals surface area contributed by atoms with Crippen molar-refractivity contribution in [2.75, 3.05) is 18.2 Å². The molecule has 0 bridgehead atoms. The highest BCUT2D eigenvalue weighted by Gasteiger charge is 2.12. The second-order valence-corrected chi connectivity index (χ2v) is 5.61. The standard InChI is InChI=1S/C15H15IN2O2/c1-9-7-10(16)3-6-14(9)18-15(19)12-5-4-11(20-2)8-13(12)17/h3-8H,17H2,1-2H3,(H,18,19). The highest BCUT2D eigenvalue weighted by molar-refractivity contribution is 14.1.